The van der Waals surface area contributed by atoms with Gasteiger partial charge in [0.25, 0.3) is 0 Å². The largest absolute Gasteiger partial charge is 0.392 e. The van der Waals surface area contributed by atoms with E-state index in [0.717, 1.165) is 27.6 Å². The number of rotatable bonds is 5. The highest BCUT2D eigenvalue weighted by atomic mass is 32.2. The quantitative estimate of drug-likeness (QED) is 0.898. The summed E-state index contributed by atoms with van der Waals surface area (Å²) in [5.41, 5.74) is 2.01. The van der Waals surface area contributed by atoms with E-state index in [-0.39, 0.29) is 6.10 Å². The molecule has 1 aliphatic rings. The number of aliphatic hydroxyl groups is 1. The van der Waals surface area contributed by atoms with Gasteiger partial charge in [0.2, 0.25) is 0 Å². The van der Waals surface area contributed by atoms with Crippen LogP contribution in [0.2, 0.25) is 0 Å². The van der Waals surface area contributed by atoms with E-state index < -0.39 is 0 Å². The number of aromatic nitrogens is 1. The molecule has 1 atom stereocenters. The summed E-state index contributed by atoms with van der Waals surface area (Å²) in [6.45, 7) is 0. The Morgan fingerprint density at radius 3 is 2.76 bits per heavy atom. The molecule has 2 nitrogen and oxygen atoms in total. The first-order valence-corrected chi connectivity index (χ1v) is 9.00. The second-order valence-corrected chi connectivity index (χ2v) is 7.28. The number of hydrogen-bond acceptors (Lipinski definition) is 3. The third-order valence-corrected chi connectivity index (χ3v) is 5.70. The van der Waals surface area contributed by atoms with Gasteiger partial charge in [-0.1, -0.05) is 43.5 Å². The number of fused-ring (bicyclic) bond motifs is 1. The Morgan fingerprint density at radius 1 is 1.10 bits per heavy atom. The highest BCUT2D eigenvalue weighted by Gasteiger charge is 2.16. The van der Waals surface area contributed by atoms with Crippen LogP contribution in [0.25, 0.3) is 10.9 Å². The van der Waals surface area contributed by atoms with Crippen LogP contribution < -0.4 is 0 Å². The average Bonchev–Trinajstić information content (AvgIpc) is 2.54. The molecule has 1 unspecified atom stereocenters. The van der Waals surface area contributed by atoms with Crippen molar-refractivity contribution in [2.75, 3.05) is 5.75 Å². The first-order valence-electron chi connectivity index (χ1n) is 7.95. The molecule has 1 saturated carbocycles. The summed E-state index contributed by atoms with van der Waals surface area (Å²) in [6.07, 6.45) is 7.13. The SMILES string of the molecule is OC(CSC1CCCCC1)Cc1ccc2ccccc2n1. The third-order valence-electron chi connectivity index (χ3n) is 4.18. The van der Waals surface area contributed by atoms with Gasteiger partial charge >= 0.3 is 0 Å². The first kappa shape index (κ1) is 14.9. The van der Waals surface area contributed by atoms with E-state index in [9.17, 15) is 5.11 Å². The summed E-state index contributed by atoms with van der Waals surface area (Å²) in [5.74, 6) is 0.833. The molecule has 21 heavy (non-hydrogen) atoms. The van der Waals surface area contributed by atoms with E-state index in [1.165, 1.54) is 32.1 Å². The van der Waals surface area contributed by atoms with Crippen molar-refractivity contribution in [3.8, 4) is 0 Å². The second kappa shape index (κ2) is 7.28. The van der Waals surface area contributed by atoms with E-state index in [2.05, 4.69) is 17.1 Å². The van der Waals surface area contributed by atoms with Crippen LogP contribution in [0.15, 0.2) is 36.4 Å². The molecule has 0 saturated heterocycles. The van der Waals surface area contributed by atoms with E-state index in [4.69, 9.17) is 0 Å². The number of nitrogens with zero attached hydrogens (tertiary/aromatic N) is 1. The molecule has 0 amide bonds. The Labute approximate surface area is 131 Å². The summed E-state index contributed by atoms with van der Waals surface area (Å²) < 4.78 is 0. The van der Waals surface area contributed by atoms with Crippen molar-refractivity contribution in [1.82, 2.24) is 4.98 Å². The zero-order valence-corrected chi connectivity index (χ0v) is 13.2. The van der Waals surface area contributed by atoms with E-state index >= 15 is 0 Å². The zero-order chi connectivity index (χ0) is 14.5. The van der Waals surface area contributed by atoms with Crippen molar-refractivity contribution in [3.63, 3.8) is 0 Å². The molecule has 1 aromatic heterocycles. The van der Waals surface area contributed by atoms with Crippen molar-refractivity contribution in [3.05, 3.63) is 42.1 Å². The molecule has 0 bridgehead atoms. The fourth-order valence-corrected chi connectivity index (χ4v) is 4.28. The predicted molar refractivity (Wildman–Crippen MR) is 90.8 cm³/mol. The van der Waals surface area contributed by atoms with Gasteiger partial charge in [-0.15, -0.1) is 0 Å². The van der Waals surface area contributed by atoms with Crippen molar-refractivity contribution in [2.45, 2.75) is 49.9 Å². The molecule has 1 heterocycles. The van der Waals surface area contributed by atoms with Crippen molar-refractivity contribution in [2.24, 2.45) is 0 Å². The van der Waals surface area contributed by atoms with Crippen molar-refractivity contribution < 1.29 is 5.11 Å². The molecular formula is C18H23NOS. The summed E-state index contributed by atoms with van der Waals surface area (Å²) >= 11 is 1.95. The molecule has 3 heteroatoms. The maximum atomic E-state index is 10.2. The Bertz CT molecular complexity index is 580. The second-order valence-electron chi connectivity index (χ2n) is 5.95. The van der Waals surface area contributed by atoms with Crippen LogP contribution in [-0.2, 0) is 6.42 Å². The van der Waals surface area contributed by atoms with E-state index in [1.54, 1.807) is 0 Å². The summed E-state index contributed by atoms with van der Waals surface area (Å²) in [6, 6.07) is 12.3. The monoisotopic (exact) mass is 301 g/mol. The minimum Gasteiger partial charge on any atom is -0.392 e. The molecule has 0 spiro atoms. The van der Waals surface area contributed by atoms with Crippen molar-refractivity contribution in [1.29, 1.82) is 0 Å². The van der Waals surface area contributed by atoms with Gasteiger partial charge in [-0.2, -0.15) is 11.8 Å². The lowest BCUT2D eigenvalue weighted by Crippen LogP contribution is -2.18. The lowest BCUT2D eigenvalue weighted by atomic mass is 10.0. The Morgan fingerprint density at radius 2 is 1.90 bits per heavy atom. The molecule has 1 aromatic carbocycles. The molecule has 112 valence electrons. The fourth-order valence-electron chi connectivity index (χ4n) is 3.00. The maximum Gasteiger partial charge on any atom is 0.0705 e. The molecule has 2 aromatic rings. The van der Waals surface area contributed by atoms with Crippen LogP contribution in [-0.4, -0.2) is 27.2 Å². The maximum absolute atomic E-state index is 10.2. The Hall–Kier alpha value is -1.06. The molecule has 1 fully saturated rings. The van der Waals surface area contributed by atoms with Gasteiger partial charge in [-0.05, 0) is 25.0 Å². The standard InChI is InChI=1S/C18H23NOS/c20-16(13-21-17-7-2-1-3-8-17)12-15-11-10-14-6-4-5-9-18(14)19-15/h4-6,9-11,16-17,20H,1-3,7-8,12-13H2. The van der Waals surface area contributed by atoms with E-state index in [0.29, 0.717) is 6.42 Å². The summed E-state index contributed by atoms with van der Waals surface area (Å²) in [7, 11) is 0. The van der Waals surface area contributed by atoms with Gasteiger partial charge in [0.15, 0.2) is 0 Å². The van der Waals surface area contributed by atoms with Crippen LogP contribution in [0.4, 0.5) is 0 Å². The summed E-state index contributed by atoms with van der Waals surface area (Å²) in [4.78, 5) is 4.64. The van der Waals surface area contributed by atoms with Gasteiger partial charge in [0, 0.05) is 28.5 Å². The van der Waals surface area contributed by atoms with Gasteiger partial charge in [0.05, 0.1) is 11.6 Å². The van der Waals surface area contributed by atoms with Crippen LogP contribution in [0.3, 0.4) is 0 Å². The van der Waals surface area contributed by atoms with Crippen LogP contribution in [0, 0.1) is 0 Å². The number of hydrogen-bond donors (Lipinski definition) is 1. The molecule has 3 rings (SSSR count). The van der Waals surface area contributed by atoms with Gasteiger partial charge in [0.1, 0.15) is 0 Å². The molecular weight excluding hydrogens is 278 g/mol. The van der Waals surface area contributed by atoms with Crippen LogP contribution in [0.5, 0.6) is 0 Å². The van der Waals surface area contributed by atoms with Gasteiger partial charge < -0.3 is 5.11 Å². The molecule has 1 aliphatic carbocycles. The minimum absolute atomic E-state index is 0.286. The number of para-hydroxylation sites is 1. The smallest absolute Gasteiger partial charge is 0.0705 e. The fraction of sp³-hybridized carbons (Fsp3) is 0.500. The van der Waals surface area contributed by atoms with Crippen molar-refractivity contribution >= 4 is 22.7 Å². The lowest BCUT2D eigenvalue weighted by molar-refractivity contribution is 0.198. The Kier molecular flexibility index (Phi) is 5.15. The average molecular weight is 301 g/mol. The van der Waals surface area contributed by atoms with Crippen LogP contribution in [0.1, 0.15) is 37.8 Å². The number of thioether (sulfide) groups is 1. The number of benzene rings is 1. The number of pyridine rings is 1. The highest BCUT2D eigenvalue weighted by molar-refractivity contribution is 7.99. The predicted octanol–water partition coefficient (Wildman–Crippen LogP) is 4.20. The number of aliphatic hydroxyl groups excluding tert-OH is 1. The molecule has 1 N–H and O–H groups in total. The summed E-state index contributed by atoms with van der Waals surface area (Å²) in [5, 5.41) is 12.2. The van der Waals surface area contributed by atoms with E-state index in [1.807, 2.05) is 36.0 Å². The molecule has 0 aliphatic heterocycles. The van der Waals surface area contributed by atoms with Gasteiger partial charge in [-0.3, -0.25) is 4.98 Å². The third kappa shape index (κ3) is 4.21. The molecule has 0 radical (unpaired) electrons. The Balaban J connectivity index is 1.54. The van der Waals surface area contributed by atoms with Gasteiger partial charge in [-0.25, -0.2) is 0 Å². The zero-order valence-electron chi connectivity index (χ0n) is 12.4. The topological polar surface area (TPSA) is 33.1 Å². The lowest BCUT2D eigenvalue weighted by Gasteiger charge is -2.22. The minimum atomic E-state index is -0.286. The first-order chi connectivity index (χ1) is 10.3. The van der Waals surface area contributed by atoms with Crippen LogP contribution >= 0.6 is 11.8 Å². The highest BCUT2D eigenvalue weighted by Crippen LogP contribution is 2.28. The normalized spacial score (nSPS) is 18.0.